The van der Waals surface area contributed by atoms with Crippen molar-refractivity contribution in [3.63, 3.8) is 0 Å². The van der Waals surface area contributed by atoms with E-state index in [1.165, 1.54) is 53.2 Å². The van der Waals surface area contributed by atoms with Crippen LogP contribution in [0.15, 0.2) is 180 Å². The van der Waals surface area contributed by atoms with E-state index in [0.29, 0.717) is 0 Å². The highest BCUT2D eigenvalue weighted by Crippen LogP contribution is 2.47. The molecule has 3 heteroatoms. The van der Waals surface area contributed by atoms with Crippen molar-refractivity contribution in [2.75, 3.05) is 0 Å². The summed E-state index contributed by atoms with van der Waals surface area (Å²) >= 11 is 1.87. The topological polar surface area (TPSA) is 18.1 Å². The zero-order chi connectivity index (χ0) is 33.5. The van der Waals surface area contributed by atoms with Gasteiger partial charge in [-0.25, -0.2) is 0 Å². The first-order valence-corrected chi connectivity index (χ1v) is 18.2. The summed E-state index contributed by atoms with van der Waals surface area (Å²) in [6.45, 7) is 0. The molecule has 0 atom stereocenters. The minimum Gasteiger partial charge on any atom is -0.453 e. The SMILES string of the molecule is c1ccc(-c2ccc3c(c2)c2ccccc2n3-c2cccc3c2oc2c(-c4ccccc4)ccc(-c4cccc5c4sc4ccccc45)c23)cc1. The Balaban J connectivity index is 1.23. The molecule has 11 aromatic rings. The number of fused-ring (bicyclic) bond motifs is 9. The summed E-state index contributed by atoms with van der Waals surface area (Å²) in [5.74, 6) is 0. The molecule has 0 saturated carbocycles. The van der Waals surface area contributed by atoms with Crippen LogP contribution in [0.3, 0.4) is 0 Å². The van der Waals surface area contributed by atoms with Gasteiger partial charge < -0.3 is 8.98 Å². The van der Waals surface area contributed by atoms with Crippen LogP contribution in [0.4, 0.5) is 0 Å². The van der Waals surface area contributed by atoms with E-state index >= 15 is 0 Å². The lowest BCUT2D eigenvalue weighted by molar-refractivity contribution is 0.667. The van der Waals surface area contributed by atoms with Gasteiger partial charge >= 0.3 is 0 Å². The Bertz CT molecular complexity index is 3130. The molecule has 8 aromatic carbocycles. The summed E-state index contributed by atoms with van der Waals surface area (Å²) in [5.41, 5.74) is 12.2. The van der Waals surface area contributed by atoms with Gasteiger partial charge in [0.05, 0.1) is 16.7 Å². The fourth-order valence-electron chi connectivity index (χ4n) is 8.13. The van der Waals surface area contributed by atoms with Gasteiger partial charge in [0.25, 0.3) is 0 Å². The number of benzene rings is 8. The van der Waals surface area contributed by atoms with Gasteiger partial charge in [-0.2, -0.15) is 0 Å². The van der Waals surface area contributed by atoms with Crippen LogP contribution < -0.4 is 0 Å². The van der Waals surface area contributed by atoms with Crippen LogP contribution in [0.25, 0.3) is 103 Å². The third-order valence-electron chi connectivity index (χ3n) is 10.4. The Morgan fingerprint density at radius 2 is 1.06 bits per heavy atom. The van der Waals surface area contributed by atoms with Crippen molar-refractivity contribution in [3.8, 4) is 39.1 Å². The van der Waals surface area contributed by atoms with Gasteiger partial charge in [-0.3, -0.25) is 0 Å². The first-order valence-electron chi connectivity index (χ1n) is 17.4. The first-order chi connectivity index (χ1) is 25.3. The van der Waals surface area contributed by atoms with E-state index in [-0.39, 0.29) is 0 Å². The summed E-state index contributed by atoms with van der Waals surface area (Å²) in [6.07, 6.45) is 0. The third-order valence-corrected chi connectivity index (χ3v) is 11.6. The molecule has 0 N–H and O–H groups in total. The smallest absolute Gasteiger partial charge is 0.159 e. The molecule has 3 aromatic heterocycles. The number of hydrogen-bond acceptors (Lipinski definition) is 2. The lowest BCUT2D eigenvalue weighted by Crippen LogP contribution is -1.94. The normalized spacial score (nSPS) is 11.9. The van der Waals surface area contributed by atoms with Crippen LogP contribution in [-0.2, 0) is 0 Å². The lowest BCUT2D eigenvalue weighted by Gasteiger charge is -2.10. The Kier molecular flexibility index (Phi) is 6.16. The number of nitrogens with zero attached hydrogens (tertiary/aromatic N) is 1. The maximum atomic E-state index is 7.20. The summed E-state index contributed by atoms with van der Waals surface area (Å²) in [5, 5.41) is 7.30. The van der Waals surface area contributed by atoms with Crippen molar-refractivity contribution in [1.29, 1.82) is 0 Å². The molecule has 0 radical (unpaired) electrons. The fourth-order valence-corrected chi connectivity index (χ4v) is 9.36. The van der Waals surface area contributed by atoms with Crippen LogP contribution in [0.5, 0.6) is 0 Å². The number of rotatable bonds is 4. The van der Waals surface area contributed by atoms with Gasteiger partial charge in [-0.15, -0.1) is 11.3 Å². The molecule has 0 aliphatic heterocycles. The zero-order valence-corrected chi connectivity index (χ0v) is 28.3. The number of thiophene rings is 1. The molecule has 0 saturated heterocycles. The van der Waals surface area contributed by atoms with Crippen molar-refractivity contribution < 1.29 is 4.42 Å². The fraction of sp³-hybridized carbons (Fsp3) is 0. The zero-order valence-electron chi connectivity index (χ0n) is 27.5. The highest BCUT2D eigenvalue weighted by atomic mass is 32.1. The second-order valence-electron chi connectivity index (χ2n) is 13.2. The maximum Gasteiger partial charge on any atom is 0.159 e. The van der Waals surface area contributed by atoms with E-state index in [0.717, 1.165) is 49.8 Å². The van der Waals surface area contributed by atoms with Crippen LogP contribution in [0.2, 0.25) is 0 Å². The largest absolute Gasteiger partial charge is 0.453 e. The quantitative estimate of drug-likeness (QED) is 0.183. The molecule has 0 aliphatic carbocycles. The summed E-state index contributed by atoms with van der Waals surface area (Å²) < 4.78 is 12.2. The summed E-state index contributed by atoms with van der Waals surface area (Å²) in [7, 11) is 0. The number of aromatic nitrogens is 1. The Morgan fingerprint density at radius 1 is 0.392 bits per heavy atom. The average Bonchev–Trinajstić information content (AvgIpc) is 3.88. The molecule has 51 heavy (non-hydrogen) atoms. The average molecular weight is 668 g/mol. The minimum absolute atomic E-state index is 0.885. The molecular weight excluding hydrogens is 639 g/mol. The Labute approximate surface area is 298 Å². The van der Waals surface area contributed by atoms with Gasteiger partial charge in [0.1, 0.15) is 5.58 Å². The highest BCUT2D eigenvalue weighted by molar-refractivity contribution is 7.26. The van der Waals surface area contributed by atoms with Crippen LogP contribution in [-0.4, -0.2) is 4.57 Å². The van der Waals surface area contributed by atoms with Crippen LogP contribution >= 0.6 is 11.3 Å². The van der Waals surface area contributed by atoms with E-state index < -0.39 is 0 Å². The molecular formula is C48H29NOS. The third kappa shape index (κ3) is 4.22. The van der Waals surface area contributed by atoms with Gasteiger partial charge in [-0.1, -0.05) is 140 Å². The summed E-state index contributed by atoms with van der Waals surface area (Å²) in [4.78, 5) is 0. The maximum absolute atomic E-state index is 7.20. The van der Waals surface area contributed by atoms with Crippen molar-refractivity contribution in [2.45, 2.75) is 0 Å². The Morgan fingerprint density at radius 3 is 1.92 bits per heavy atom. The number of hydrogen-bond donors (Lipinski definition) is 0. The standard InChI is InChI=1S/C48H29NOS/c1-3-13-30(14-4-1)32-25-28-42-40(29-32)34-17-7-9-22-41(34)49(42)43-23-12-21-39-45-36(27-26-33(47(45)50-46(39)43)31-15-5-2-6-16-31)38-20-11-19-37-35-18-8-10-24-44(35)51-48(37)38/h1-29H. The molecule has 3 heterocycles. The van der Waals surface area contributed by atoms with Crippen molar-refractivity contribution >= 4 is 75.3 Å². The van der Waals surface area contributed by atoms with E-state index in [1.807, 2.05) is 11.3 Å². The van der Waals surface area contributed by atoms with E-state index in [9.17, 15) is 0 Å². The molecule has 0 unspecified atom stereocenters. The highest BCUT2D eigenvalue weighted by Gasteiger charge is 2.23. The van der Waals surface area contributed by atoms with Crippen molar-refractivity contribution in [3.05, 3.63) is 176 Å². The van der Waals surface area contributed by atoms with Crippen LogP contribution in [0, 0.1) is 0 Å². The summed E-state index contributed by atoms with van der Waals surface area (Å²) in [6, 6.07) is 63.4. The minimum atomic E-state index is 0.885. The number of furan rings is 1. The molecule has 0 aliphatic rings. The van der Waals surface area contributed by atoms with Crippen LogP contribution in [0.1, 0.15) is 0 Å². The van der Waals surface area contributed by atoms with Gasteiger partial charge in [0, 0.05) is 52.8 Å². The van der Waals surface area contributed by atoms with Gasteiger partial charge in [0.2, 0.25) is 0 Å². The predicted molar refractivity (Wildman–Crippen MR) is 217 cm³/mol. The van der Waals surface area contributed by atoms with E-state index in [1.54, 1.807) is 0 Å². The molecule has 0 fully saturated rings. The van der Waals surface area contributed by atoms with Crippen molar-refractivity contribution in [1.82, 2.24) is 4.57 Å². The molecule has 2 nitrogen and oxygen atoms in total. The molecule has 0 bridgehead atoms. The molecule has 11 rings (SSSR count). The second kappa shape index (κ2) is 11.0. The molecule has 238 valence electrons. The monoisotopic (exact) mass is 667 g/mol. The second-order valence-corrected chi connectivity index (χ2v) is 14.3. The number of para-hydroxylation sites is 2. The lowest BCUT2D eigenvalue weighted by atomic mass is 9.94. The molecule has 0 spiro atoms. The first kappa shape index (κ1) is 28.4. The van der Waals surface area contributed by atoms with E-state index in [4.69, 9.17) is 4.42 Å². The molecule has 0 amide bonds. The van der Waals surface area contributed by atoms with Gasteiger partial charge in [-0.05, 0) is 58.7 Å². The van der Waals surface area contributed by atoms with E-state index in [2.05, 4.69) is 180 Å². The Hall–Kier alpha value is -6.42. The van der Waals surface area contributed by atoms with Crippen molar-refractivity contribution in [2.24, 2.45) is 0 Å². The van der Waals surface area contributed by atoms with Gasteiger partial charge in [0.15, 0.2) is 5.58 Å². The predicted octanol–water partition coefficient (Wildman–Crippen LogP) is 14.1.